The number of hydrogen-bond donors (Lipinski definition) is 3. The van der Waals surface area contributed by atoms with Crippen molar-refractivity contribution in [3.05, 3.63) is 58.7 Å². The van der Waals surface area contributed by atoms with Gasteiger partial charge in [0, 0.05) is 35.9 Å². The van der Waals surface area contributed by atoms with Gasteiger partial charge in [0.15, 0.2) is 0 Å². The monoisotopic (exact) mass is 803 g/mol. The van der Waals surface area contributed by atoms with E-state index in [-0.39, 0.29) is 43.1 Å². The molecule has 1 saturated heterocycles. The molecule has 5 atom stereocenters. The Bertz CT molecular complexity index is 1980. The summed E-state index contributed by atoms with van der Waals surface area (Å²) >= 11 is 0.863. The van der Waals surface area contributed by atoms with Crippen LogP contribution in [0.5, 0.6) is 5.75 Å². The molecule has 0 bridgehead atoms. The Morgan fingerprint density at radius 3 is 2.60 bits per heavy atom. The van der Waals surface area contributed by atoms with Gasteiger partial charge in [-0.05, 0) is 58.1 Å². The molecule has 5 amide bonds. The number of fused-ring (bicyclic) bond motifs is 3. The standard InChI is InChI=1S/C37H46FN5O10S2/c1-36(2,3)53-34(47)39-28-14-9-7-5-6-8-12-23-17-37(23,33(46)41-55(49,50)30-16-25(51-4)21-54-30)40-31(44)29-15-24(19-43(29)32(28)45)52-35(48)42-18-22-11-10-13-27(38)26(22)20-42/h8,10-13,16,21,23-24,28-29H,5-7,9,14-15,17-20H2,1-4H3,(H,39,47)(H,40,44)(H,41,46)/b12-8-/t23-,24?,28+,29+,37-/m1/s1. The molecular formula is C37H46FN5O10S2. The molecule has 3 aliphatic heterocycles. The summed E-state index contributed by atoms with van der Waals surface area (Å²) < 4.78 is 59.3. The first-order chi connectivity index (χ1) is 26.0. The molecule has 1 aromatic carbocycles. The van der Waals surface area contributed by atoms with Gasteiger partial charge < -0.3 is 29.7 Å². The van der Waals surface area contributed by atoms with Crippen LogP contribution in [-0.4, -0.2) is 91.1 Å². The molecule has 3 N–H and O–H groups in total. The first kappa shape index (κ1) is 40.0. The molecule has 2 aromatic rings. The average molecular weight is 804 g/mol. The highest BCUT2D eigenvalue weighted by molar-refractivity contribution is 7.92. The number of allylic oxidation sites excluding steroid dienone is 1. The number of amides is 5. The number of nitrogens with one attached hydrogen (secondary N) is 3. The largest absolute Gasteiger partial charge is 0.496 e. The summed E-state index contributed by atoms with van der Waals surface area (Å²) in [5.41, 5.74) is -1.50. The van der Waals surface area contributed by atoms with E-state index < -0.39 is 81.0 Å². The molecule has 1 aromatic heterocycles. The van der Waals surface area contributed by atoms with E-state index >= 15 is 0 Å². The predicted octanol–water partition coefficient (Wildman–Crippen LogP) is 4.11. The third-order valence-electron chi connectivity index (χ3n) is 10.1. The number of halogens is 1. The average Bonchev–Trinajstić information content (AvgIpc) is 3.53. The first-order valence-corrected chi connectivity index (χ1v) is 20.6. The van der Waals surface area contributed by atoms with Gasteiger partial charge in [-0.25, -0.2) is 27.1 Å². The van der Waals surface area contributed by atoms with Crippen molar-refractivity contribution >= 4 is 51.3 Å². The van der Waals surface area contributed by atoms with E-state index in [0.29, 0.717) is 36.1 Å². The number of hydrogen-bond acceptors (Lipinski definition) is 11. The van der Waals surface area contributed by atoms with E-state index in [1.807, 2.05) is 6.08 Å². The lowest BCUT2D eigenvalue weighted by Crippen LogP contribution is -2.58. The molecule has 6 rings (SSSR count). The number of nitrogens with zero attached hydrogens (tertiary/aromatic N) is 2. The zero-order valence-electron chi connectivity index (χ0n) is 31.1. The lowest BCUT2D eigenvalue weighted by atomic mass is 10.0. The zero-order chi connectivity index (χ0) is 39.7. The van der Waals surface area contributed by atoms with Gasteiger partial charge in [-0.1, -0.05) is 37.1 Å². The van der Waals surface area contributed by atoms with Crippen molar-refractivity contribution in [3.8, 4) is 5.75 Å². The van der Waals surface area contributed by atoms with Crippen molar-refractivity contribution in [2.75, 3.05) is 13.7 Å². The van der Waals surface area contributed by atoms with Crippen LogP contribution in [0, 0.1) is 11.7 Å². The molecule has 1 unspecified atom stereocenters. The second-order valence-electron chi connectivity index (χ2n) is 15.3. The molecule has 0 radical (unpaired) electrons. The molecule has 15 nitrogen and oxygen atoms in total. The summed E-state index contributed by atoms with van der Waals surface area (Å²) in [6.07, 6.45) is 3.86. The van der Waals surface area contributed by atoms with Crippen LogP contribution in [0.15, 0.2) is 46.0 Å². The number of methoxy groups -OCH3 is 1. The fourth-order valence-corrected chi connectivity index (χ4v) is 9.31. The Labute approximate surface area is 323 Å². The topological polar surface area (TPSA) is 190 Å². The molecule has 1 aliphatic carbocycles. The van der Waals surface area contributed by atoms with Gasteiger partial charge in [-0.3, -0.25) is 19.3 Å². The van der Waals surface area contributed by atoms with Gasteiger partial charge >= 0.3 is 12.2 Å². The van der Waals surface area contributed by atoms with Crippen LogP contribution < -0.4 is 20.1 Å². The van der Waals surface area contributed by atoms with Gasteiger partial charge in [0.25, 0.3) is 15.9 Å². The van der Waals surface area contributed by atoms with Crippen molar-refractivity contribution in [3.63, 3.8) is 0 Å². The molecule has 4 heterocycles. The smallest absolute Gasteiger partial charge is 0.410 e. The van der Waals surface area contributed by atoms with E-state index in [2.05, 4.69) is 15.4 Å². The molecule has 18 heteroatoms. The summed E-state index contributed by atoms with van der Waals surface area (Å²) in [5, 5.41) is 6.91. The second-order valence-corrected chi connectivity index (χ2v) is 18.1. The van der Waals surface area contributed by atoms with Crippen LogP contribution in [-0.2, 0) is 47.0 Å². The predicted molar refractivity (Wildman–Crippen MR) is 197 cm³/mol. The second kappa shape index (κ2) is 15.8. The maximum absolute atomic E-state index is 14.5. The lowest BCUT2D eigenvalue weighted by molar-refractivity contribution is -0.141. The third kappa shape index (κ3) is 9.06. The highest BCUT2D eigenvalue weighted by Gasteiger charge is 2.62. The van der Waals surface area contributed by atoms with E-state index in [0.717, 1.165) is 17.8 Å². The van der Waals surface area contributed by atoms with Crippen LogP contribution in [0.2, 0.25) is 0 Å². The third-order valence-corrected chi connectivity index (χ3v) is 12.8. The van der Waals surface area contributed by atoms with E-state index in [4.69, 9.17) is 14.2 Å². The van der Waals surface area contributed by atoms with E-state index in [1.54, 1.807) is 39.0 Å². The zero-order valence-corrected chi connectivity index (χ0v) is 32.7. The summed E-state index contributed by atoms with van der Waals surface area (Å²) in [6, 6.07) is 3.48. The summed E-state index contributed by atoms with van der Waals surface area (Å²) in [7, 11) is -2.96. The number of rotatable bonds is 6. The van der Waals surface area contributed by atoms with Crippen molar-refractivity contribution in [2.45, 2.75) is 112 Å². The lowest BCUT2D eigenvalue weighted by Gasteiger charge is -2.30. The highest BCUT2D eigenvalue weighted by Crippen LogP contribution is 2.46. The normalized spacial score (nSPS) is 26.3. The Kier molecular flexibility index (Phi) is 11.5. The van der Waals surface area contributed by atoms with Gasteiger partial charge in [-0.2, -0.15) is 0 Å². The Balaban J connectivity index is 1.26. The van der Waals surface area contributed by atoms with E-state index in [1.165, 1.54) is 34.4 Å². The van der Waals surface area contributed by atoms with Crippen molar-refractivity contribution < 1.29 is 51.0 Å². The number of benzene rings is 1. The maximum atomic E-state index is 14.5. The fraction of sp³-hybridized carbons (Fsp3) is 0.541. The van der Waals surface area contributed by atoms with Gasteiger partial charge in [-0.15, -0.1) is 11.3 Å². The van der Waals surface area contributed by atoms with Crippen LogP contribution in [0.4, 0.5) is 14.0 Å². The Morgan fingerprint density at radius 1 is 1.11 bits per heavy atom. The Morgan fingerprint density at radius 2 is 1.89 bits per heavy atom. The number of thiophene rings is 1. The number of sulfonamides is 1. The highest BCUT2D eigenvalue weighted by atomic mass is 32.2. The maximum Gasteiger partial charge on any atom is 0.410 e. The number of alkyl carbamates (subject to hydrolysis) is 1. The van der Waals surface area contributed by atoms with Crippen LogP contribution >= 0.6 is 11.3 Å². The van der Waals surface area contributed by atoms with E-state index in [9.17, 15) is 36.8 Å². The number of carbonyl (C=O) groups is 5. The fourth-order valence-electron chi connectivity index (χ4n) is 7.15. The van der Waals surface area contributed by atoms with Crippen LogP contribution in [0.25, 0.3) is 0 Å². The van der Waals surface area contributed by atoms with Crippen LogP contribution in [0.3, 0.4) is 0 Å². The minimum atomic E-state index is -4.34. The SMILES string of the molecule is COc1csc(S(=O)(=O)NC(=O)[C@@]23C[C@H]2/C=C\CCCCC[C@H](NC(=O)OC(C)(C)C)C(=O)N2CC(OC(=O)N4Cc5cccc(F)c5C4)C[C@H]2C(=O)N3)c1. The van der Waals surface area contributed by atoms with Gasteiger partial charge in [0.05, 0.1) is 20.2 Å². The molecule has 0 spiro atoms. The molecule has 2 fully saturated rings. The number of ether oxygens (including phenoxy) is 3. The molecular weight excluding hydrogens is 758 g/mol. The molecule has 55 heavy (non-hydrogen) atoms. The summed E-state index contributed by atoms with van der Waals surface area (Å²) in [4.78, 5) is 71.4. The van der Waals surface area contributed by atoms with Crippen molar-refractivity contribution in [1.29, 1.82) is 0 Å². The quantitative estimate of drug-likeness (QED) is 0.359. The van der Waals surface area contributed by atoms with Crippen molar-refractivity contribution in [2.24, 2.45) is 5.92 Å². The number of carbonyl (C=O) groups excluding carboxylic acids is 5. The molecule has 298 valence electrons. The van der Waals surface area contributed by atoms with Crippen molar-refractivity contribution in [1.82, 2.24) is 25.2 Å². The summed E-state index contributed by atoms with van der Waals surface area (Å²) in [6.45, 7) is 4.93. The van der Waals surface area contributed by atoms with Gasteiger partial charge in [0.1, 0.15) is 45.1 Å². The minimum Gasteiger partial charge on any atom is -0.496 e. The minimum absolute atomic E-state index is 0.0182. The summed E-state index contributed by atoms with van der Waals surface area (Å²) in [5.74, 6) is -3.03. The first-order valence-electron chi connectivity index (χ1n) is 18.2. The molecule has 1 saturated carbocycles. The van der Waals surface area contributed by atoms with Crippen LogP contribution in [0.1, 0.15) is 76.8 Å². The Hall–Kier alpha value is -4.71. The van der Waals surface area contributed by atoms with Gasteiger partial charge in [0.2, 0.25) is 11.8 Å². The molecule has 4 aliphatic rings.